The summed E-state index contributed by atoms with van der Waals surface area (Å²) >= 11 is 0. The predicted molar refractivity (Wildman–Crippen MR) is 84.8 cm³/mol. The maximum absolute atomic E-state index is 12.3. The molecular weight excluding hydrogens is 262 g/mol. The molecule has 0 bridgehead atoms. The molecule has 0 aliphatic rings. The quantitative estimate of drug-likeness (QED) is 0.870. The standard InChI is InChI=1S/C17H23N3O/c1-3-11-20(14-16-10-7-12-19(16)2)17(21)18-13-15-8-5-4-6-9-15/h4-10,12H,3,11,13-14H2,1-2H3,(H,18,21). The first-order valence-electron chi connectivity index (χ1n) is 7.37. The lowest BCUT2D eigenvalue weighted by molar-refractivity contribution is 0.193. The van der Waals surface area contributed by atoms with Gasteiger partial charge in [0.25, 0.3) is 0 Å². The number of benzene rings is 1. The molecule has 0 fully saturated rings. The van der Waals surface area contributed by atoms with Crippen molar-refractivity contribution in [3.8, 4) is 0 Å². The molecule has 2 rings (SSSR count). The fraction of sp³-hybridized carbons (Fsp3) is 0.353. The Kier molecular flexibility index (Phi) is 5.43. The van der Waals surface area contributed by atoms with Crippen molar-refractivity contribution >= 4 is 6.03 Å². The number of amides is 2. The van der Waals surface area contributed by atoms with Crippen LogP contribution in [0.15, 0.2) is 48.7 Å². The third-order valence-electron chi connectivity index (χ3n) is 3.47. The summed E-state index contributed by atoms with van der Waals surface area (Å²) in [7, 11) is 2.00. The zero-order valence-electron chi connectivity index (χ0n) is 12.7. The number of nitrogens with one attached hydrogen (secondary N) is 1. The number of carbonyl (C=O) groups excluding carboxylic acids is 1. The number of aromatic nitrogens is 1. The number of carbonyl (C=O) groups is 1. The van der Waals surface area contributed by atoms with Crippen LogP contribution in [-0.2, 0) is 20.1 Å². The van der Waals surface area contributed by atoms with Gasteiger partial charge in [0.1, 0.15) is 0 Å². The fourth-order valence-electron chi connectivity index (χ4n) is 2.26. The summed E-state index contributed by atoms with van der Waals surface area (Å²) in [5.74, 6) is 0. The molecule has 0 aliphatic heterocycles. The number of urea groups is 1. The highest BCUT2D eigenvalue weighted by Gasteiger charge is 2.13. The summed E-state index contributed by atoms with van der Waals surface area (Å²) in [6, 6.07) is 14.0. The normalized spacial score (nSPS) is 10.4. The number of hydrogen-bond donors (Lipinski definition) is 1. The molecule has 4 nitrogen and oxygen atoms in total. The smallest absolute Gasteiger partial charge is 0.318 e. The third kappa shape index (κ3) is 4.38. The molecule has 2 aromatic rings. The molecular formula is C17H23N3O. The maximum atomic E-state index is 12.3. The van der Waals surface area contributed by atoms with Crippen molar-refractivity contribution in [3.63, 3.8) is 0 Å². The Bertz CT molecular complexity index is 562. The zero-order chi connectivity index (χ0) is 15.1. The van der Waals surface area contributed by atoms with Crippen LogP contribution in [0.5, 0.6) is 0 Å². The van der Waals surface area contributed by atoms with Crippen LogP contribution in [0.1, 0.15) is 24.6 Å². The average molecular weight is 285 g/mol. The fourth-order valence-corrected chi connectivity index (χ4v) is 2.26. The first kappa shape index (κ1) is 15.2. The Morgan fingerprint density at radius 2 is 1.95 bits per heavy atom. The number of nitrogens with zero attached hydrogens (tertiary/aromatic N) is 2. The van der Waals surface area contributed by atoms with Gasteiger partial charge in [0.15, 0.2) is 0 Å². The second kappa shape index (κ2) is 7.53. The molecule has 0 saturated carbocycles. The molecule has 1 aromatic heterocycles. The molecule has 21 heavy (non-hydrogen) atoms. The molecule has 1 aromatic carbocycles. The van der Waals surface area contributed by atoms with Crippen LogP contribution in [0, 0.1) is 0 Å². The van der Waals surface area contributed by atoms with Crippen LogP contribution in [-0.4, -0.2) is 22.0 Å². The van der Waals surface area contributed by atoms with Gasteiger partial charge in [-0.2, -0.15) is 0 Å². The van der Waals surface area contributed by atoms with Crippen LogP contribution in [0.4, 0.5) is 4.79 Å². The first-order chi connectivity index (χ1) is 10.2. The molecule has 0 saturated heterocycles. The predicted octanol–water partition coefficient (Wildman–Crippen LogP) is 3.15. The summed E-state index contributed by atoms with van der Waals surface area (Å²) < 4.78 is 2.05. The summed E-state index contributed by atoms with van der Waals surface area (Å²) in [6.45, 7) is 4.04. The van der Waals surface area contributed by atoms with E-state index in [1.165, 1.54) is 0 Å². The van der Waals surface area contributed by atoms with Gasteiger partial charge in [-0.3, -0.25) is 0 Å². The summed E-state index contributed by atoms with van der Waals surface area (Å²) in [5.41, 5.74) is 2.25. The van der Waals surface area contributed by atoms with Crippen molar-refractivity contribution < 1.29 is 4.79 Å². The summed E-state index contributed by atoms with van der Waals surface area (Å²) in [5, 5.41) is 2.99. The van der Waals surface area contributed by atoms with E-state index >= 15 is 0 Å². The summed E-state index contributed by atoms with van der Waals surface area (Å²) in [6.07, 6.45) is 2.95. The van der Waals surface area contributed by atoms with Gasteiger partial charge in [0.2, 0.25) is 0 Å². The molecule has 1 heterocycles. The summed E-state index contributed by atoms with van der Waals surface area (Å²) in [4.78, 5) is 14.2. The molecule has 112 valence electrons. The molecule has 1 N–H and O–H groups in total. The van der Waals surface area contributed by atoms with Crippen molar-refractivity contribution in [2.75, 3.05) is 6.54 Å². The van der Waals surface area contributed by atoms with Gasteiger partial charge in [-0.05, 0) is 24.1 Å². The van der Waals surface area contributed by atoms with Crippen molar-refractivity contribution in [3.05, 3.63) is 59.9 Å². The van der Waals surface area contributed by atoms with E-state index in [9.17, 15) is 4.79 Å². The second-order valence-corrected chi connectivity index (χ2v) is 5.18. The Balaban J connectivity index is 1.94. The Labute approximate surface area is 126 Å². The topological polar surface area (TPSA) is 37.3 Å². The van der Waals surface area contributed by atoms with E-state index in [1.54, 1.807) is 0 Å². The minimum Gasteiger partial charge on any atom is -0.353 e. The van der Waals surface area contributed by atoms with E-state index in [-0.39, 0.29) is 6.03 Å². The molecule has 0 aliphatic carbocycles. The molecule has 0 spiro atoms. The third-order valence-corrected chi connectivity index (χ3v) is 3.47. The minimum atomic E-state index is -0.0121. The highest BCUT2D eigenvalue weighted by Crippen LogP contribution is 2.07. The van der Waals surface area contributed by atoms with Gasteiger partial charge in [0.05, 0.1) is 6.54 Å². The van der Waals surface area contributed by atoms with E-state index in [0.29, 0.717) is 13.1 Å². The molecule has 0 atom stereocenters. The van der Waals surface area contributed by atoms with Gasteiger partial charge >= 0.3 is 6.03 Å². The van der Waals surface area contributed by atoms with E-state index < -0.39 is 0 Å². The van der Waals surface area contributed by atoms with Crippen LogP contribution in [0.25, 0.3) is 0 Å². The highest BCUT2D eigenvalue weighted by molar-refractivity contribution is 5.74. The van der Waals surface area contributed by atoms with E-state index in [0.717, 1.165) is 24.2 Å². The van der Waals surface area contributed by atoms with Crippen LogP contribution >= 0.6 is 0 Å². The first-order valence-corrected chi connectivity index (χ1v) is 7.37. The maximum Gasteiger partial charge on any atom is 0.318 e. The van der Waals surface area contributed by atoms with Gasteiger partial charge in [-0.1, -0.05) is 37.3 Å². The Morgan fingerprint density at radius 3 is 2.57 bits per heavy atom. The largest absolute Gasteiger partial charge is 0.353 e. The second-order valence-electron chi connectivity index (χ2n) is 5.18. The van der Waals surface area contributed by atoms with Crippen LogP contribution in [0.2, 0.25) is 0 Å². The van der Waals surface area contributed by atoms with E-state index in [2.05, 4.69) is 12.2 Å². The van der Waals surface area contributed by atoms with Crippen LogP contribution < -0.4 is 5.32 Å². The van der Waals surface area contributed by atoms with Crippen molar-refractivity contribution in [2.24, 2.45) is 7.05 Å². The lowest BCUT2D eigenvalue weighted by Crippen LogP contribution is -2.40. The molecule has 0 unspecified atom stereocenters. The molecule has 4 heteroatoms. The monoisotopic (exact) mass is 285 g/mol. The highest BCUT2D eigenvalue weighted by atomic mass is 16.2. The van der Waals surface area contributed by atoms with Crippen molar-refractivity contribution in [1.29, 1.82) is 0 Å². The minimum absolute atomic E-state index is 0.0121. The SMILES string of the molecule is CCCN(Cc1cccn1C)C(=O)NCc1ccccc1. The van der Waals surface area contributed by atoms with Gasteiger partial charge in [-0.25, -0.2) is 4.79 Å². The van der Waals surface area contributed by atoms with Crippen LogP contribution in [0.3, 0.4) is 0 Å². The number of hydrogen-bond acceptors (Lipinski definition) is 1. The molecule has 2 amide bonds. The van der Waals surface area contributed by atoms with Crippen molar-refractivity contribution in [1.82, 2.24) is 14.8 Å². The van der Waals surface area contributed by atoms with E-state index in [1.807, 2.05) is 65.2 Å². The van der Waals surface area contributed by atoms with Gasteiger partial charge in [-0.15, -0.1) is 0 Å². The van der Waals surface area contributed by atoms with E-state index in [4.69, 9.17) is 0 Å². The number of aryl methyl sites for hydroxylation is 1. The van der Waals surface area contributed by atoms with Gasteiger partial charge in [0, 0.05) is 32.0 Å². The van der Waals surface area contributed by atoms with Gasteiger partial charge < -0.3 is 14.8 Å². The average Bonchev–Trinajstić information content (AvgIpc) is 2.91. The zero-order valence-corrected chi connectivity index (χ0v) is 12.7. The lowest BCUT2D eigenvalue weighted by atomic mass is 10.2. The Morgan fingerprint density at radius 1 is 1.19 bits per heavy atom. The number of rotatable bonds is 6. The lowest BCUT2D eigenvalue weighted by Gasteiger charge is -2.23. The molecule has 0 radical (unpaired) electrons. The van der Waals surface area contributed by atoms with Crippen molar-refractivity contribution in [2.45, 2.75) is 26.4 Å². The Hall–Kier alpha value is -2.23.